The van der Waals surface area contributed by atoms with Crippen molar-refractivity contribution in [3.8, 4) is 0 Å². The topological polar surface area (TPSA) is 68.2 Å². The standard InChI is InChI=1S/C20H26ClNO5/c21-17-5-3-15(4-6-17)16-13-18(20(24)22-7-11-25-12-8-22)27-19(14-16)26-10-2-1-9-23/h3-6,13,16,19,23H,1-2,7-12,14H2/t16-,19+/m1/s1. The first kappa shape index (κ1) is 20.1. The number of carbonyl (C=O) groups excluding carboxylic acids is 1. The van der Waals surface area contributed by atoms with Gasteiger partial charge in [-0.15, -0.1) is 0 Å². The monoisotopic (exact) mass is 395 g/mol. The van der Waals surface area contributed by atoms with Gasteiger partial charge in [0, 0.05) is 37.1 Å². The van der Waals surface area contributed by atoms with Gasteiger partial charge >= 0.3 is 0 Å². The van der Waals surface area contributed by atoms with Gasteiger partial charge in [0.15, 0.2) is 5.76 Å². The molecule has 0 bridgehead atoms. The highest BCUT2D eigenvalue weighted by Gasteiger charge is 2.31. The molecule has 2 heterocycles. The van der Waals surface area contributed by atoms with Crippen molar-refractivity contribution < 1.29 is 24.1 Å². The van der Waals surface area contributed by atoms with Crippen molar-refractivity contribution in [3.05, 3.63) is 46.7 Å². The van der Waals surface area contributed by atoms with Crippen LogP contribution in [0, 0.1) is 0 Å². The molecule has 1 saturated heterocycles. The van der Waals surface area contributed by atoms with Crippen LogP contribution in [0.1, 0.15) is 30.7 Å². The van der Waals surface area contributed by atoms with Gasteiger partial charge in [-0.25, -0.2) is 0 Å². The zero-order valence-corrected chi connectivity index (χ0v) is 16.1. The Hall–Kier alpha value is -1.60. The number of carbonyl (C=O) groups is 1. The molecule has 3 rings (SSSR count). The molecule has 0 unspecified atom stereocenters. The summed E-state index contributed by atoms with van der Waals surface area (Å²) in [5, 5.41) is 9.59. The molecule has 2 aliphatic heterocycles. The molecule has 148 valence electrons. The van der Waals surface area contributed by atoms with Crippen molar-refractivity contribution in [2.75, 3.05) is 39.5 Å². The average molecular weight is 396 g/mol. The van der Waals surface area contributed by atoms with Gasteiger partial charge in [-0.2, -0.15) is 0 Å². The van der Waals surface area contributed by atoms with Crippen LogP contribution < -0.4 is 0 Å². The molecule has 0 saturated carbocycles. The second kappa shape index (κ2) is 10.1. The third-order valence-electron chi connectivity index (χ3n) is 4.72. The number of aliphatic hydroxyl groups excluding tert-OH is 1. The number of halogens is 1. The minimum Gasteiger partial charge on any atom is -0.459 e. The lowest BCUT2D eigenvalue weighted by atomic mass is 9.93. The van der Waals surface area contributed by atoms with Gasteiger partial charge in [-0.3, -0.25) is 4.79 Å². The number of unbranched alkanes of at least 4 members (excludes halogenated alkanes) is 1. The highest BCUT2D eigenvalue weighted by molar-refractivity contribution is 6.30. The Bertz CT molecular complexity index is 642. The van der Waals surface area contributed by atoms with Gasteiger partial charge in [-0.05, 0) is 36.6 Å². The maximum atomic E-state index is 12.9. The van der Waals surface area contributed by atoms with Crippen molar-refractivity contribution in [1.82, 2.24) is 4.90 Å². The van der Waals surface area contributed by atoms with Gasteiger partial charge in [0.25, 0.3) is 5.91 Å². The molecule has 7 heteroatoms. The van der Waals surface area contributed by atoms with E-state index in [4.69, 9.17) is 30.9 Å². The van der Waals surface area contributed by atoms with Crippen LogP contribution in [0.3, 0.4) is 0 Å². The van der Waals surface area contributed by atoms with Crippen molar-refractivity contribution in [2.24, 2.45) is 0 Å². The van der Waals surface area contributed by atoms with Gasteiger partial charge in [0.1, 0.15) is 0 Å². The van der Waals surface area contributed by atoms with Crippen molar-refractivity contribution in [3.63, 3.8) is 0 Å². The quantitative estimate of drug-likeness (QED) is 0.719. The van der Waals surface area contributed by atoms with Crippen LogP contribution >= 0.6 is 11.6 Å². The SMILES string of the molecule is O=C(C1=C[C@@H](c2ccc(Cl)cc2)C[C@@H](OCCCCO)O1)N1CCOCC1. The van der Waals surface area contributed by atoms with E-state index in [0.717, 1.165) is 12.0 Å². The van der Waals surface area contributed by atoms with E-state index >= 15 is 0 Å². The van der Waals surface area contributed by atoms with Crippen molar-refractivity contribution in [2.45, 2.75) is 31.5 Å². The molecule has 6 nitrogen and oxygen atoms in total. The second-order valence-electron chi connectivity index (χ2n) is 6.68. The summed E-state index contributed by atoms with van der Waals surface area (Å²) < 4.78 is 17.0. The Morgan fingerprint density at radius 2 is 1.96 bits per heavy atom. The summed E-state index contributed by atoms with van der Waals surface area (Å²) in [7, 11) is 0. The first-order valence-corrected chi connectivity index (χ1v) is 9.78. The number of rotatable bonds is 7. The number of aliphatic hydroxyl groups is 1. The van der Waals surface area contributed by atoms with Crippen molar-refractivity contribution in [1.29, 1.82) is 0 Å². The number of ether oxygens (including phenoxy) is 3. The van der Waals surface area contributed by atoms with Crippen LogP contribution in [0.15, 0.2) is 36.1 Å². The van der Waals surface area contributed by atoms with E-state index in [1.165, 1.54) is 0 Å². The molecule has 0 aliphatic carbocycles. The zero-order chi connectivity index (χ0) is 19.1. The maximum absolute atomic E-state index is 12.9. The lowest BCUT2D eigenvalue weighted by Crippen LogP contribution is -2.43. The summed E-state index contributed by atoms with van der Waals surface area (Å²) in [6, 6.07) is 7.63. The minimum absolute atomic E-state index is 0.0128. The third kappa shape index (κ3) is 5.69. The van der Waals surface area contributed by atoms with Crippen LogP contribution in [-0.4, -0.2) is 61.7 Å². The zero-order valence-electron chi connectivity index (χ0n) is 15.3. The second-order valence-corrected chi connectivity index (χ2v) is 7.11. The summed E-state index contributed by atoms with van der Waals surface area (Å²) in [5.74, 6) is 0.218. The van der Waals surface area contributed by atoms with E-state index in [2.05, 4.69) is 0 Å². The van der Waals surface area contributed by atoms with E-state index < -0.39 is 6.29 Å². The molecule has 1 amide bonds. The molecule has 1 aromatic carbocycles. The predicted molar refractivity (Wildman–Crippen MR) is 101 cm³/mol. The molecule has 27 heavy (non-hydrogen) atoms. The molecule has 1 aromatic rings. The molecule has 2 aliphatic rings. The number of hydrogen-bond acceptors (Lipinski definition) is 5. The lowest BCUT2D eigenvalue weighted by molar-refractivity contribution is -0.155. The normalized spacial score (nSPS) is 22.9. The number of benzene rings is 1. The molecule has 1 fully saturated rings. The Morgan fingerprint density at radius 1 is 1.22 bits per heavy atom. The number of nitrogens with zero attached hydrogens (tertiary/aromatic N) is 1. The van der Waals surface area contributed by atoms with Gasteiger partial charge in [0.05, 0.1) is 19.8 Å². The lowest BCUT2D eigenvalue weighted by Gasteiger charge is -2.33. The van der Waals surface area contributed by atoms with Gasteiger partial charge in [0.2, 0.25) is 6.29 Å². The van der Waals surface area contributed by atoms with E-state index in [-0.39, 0.29) is 18.4 Å². The summed E-state index contributed by atoms with van der Waals surface area (Å²) in [6.07, 6.45) is 3.45. The molecule has 0 radical (unpaired) electrons. The molecular formula is C20H26ClNO5. The summed E-state index contributed by atoms with van der Waals surface area (Å²) in [4.78, 5) is 14.6. The Morgan fingerprint density at radius 3 is 2.67 bits per heavy atom. The largest absolute Gasteiger partial charge is 0.459 e. The Balaban J connectivity index is 1.73. The molecule has 2 atom stereocenters. The predicted octanol–water partition coefficient (Wildman–Crippen LogP) is 2.70. The molecule has 0 aromatic heterocycles. The van der Waals surface area contributed by atoms with Crippen LogP contribution in [0.25, 0.3) is 0 Å². The maximum Gasteiger partial charge on any atom is 0.288 e. The fourth-order valence-electron chi connectivity index (χ4n) is 3.20. The highest BCUT2D eigenvalue weighted by Crippen LogP contribution is 2.32. The molecular weight excluding hydrogens is 370 g/mol. The highest BCUT2D eigenvalue weighted by atomic mass is 35.5. The van der Waals surface area contributed by atoms with Crippen molar-refractivity contribution >= 4 is 17.5 Å². The van der Waals surface area contributed by atoms with Crippen LogP contribution in [0.4, 0.5) is 0 Å². The van der Waals surface area contributed by atoms with E-state index in [1.807, 2.05) is 30.3 Å². The Labute approximate surface area is 164 Å². The number of amides is 1. The number of morpholine rings is 1. The fourth-order valence-corrected chi connectivity index (χ4v) is 3.33. The van der Waals surface area contributed by atoms with E-state index in [1.54, 1.807) is 4.90 Å². The van der Waals surface area contributed by atoms with Crippen LogP contribution in [0.2, 0.25) is 5.02 Å². The van der Waals surface area contributed by atoms with Crippen LogP contribution in [0.5, 0.6) is 0 Å². The molecule has 0 spiro atoms. The summed E-state index contributed by atoms with van der Waals surface area (Å²) >= 11 is 6.00. The van der Waals surface area contributed by atoms with Crippen LogP contribution in [-0.2, 0) is 19.0 Å². The smallest absolute Gasteiger partial charge is 0.288 e. The fraction of sp³-hybridized carbons (Fsp3) is 0.550. The number of allylic oxidation sites excluding steroid dienone is 1. The molecule has 1 N–H and O–H groups in total. The first-order valence-electron chi connectivity index (χ1n) is 9.41. The third-order valence-corrected chi connectivity index (χ3v) is 4.97. The Kier molecular flexibility index (Phi) is 7.52. The van der Waals surface area contributed by atoms with Gasteiger partial charge < -0.3 is 24.2 Å². The minimum atomic E-state index is -0.491. The summed E-state index contributed by atoms with van der Waals surface area (Å²) in [6.45, 7) is 2.84. The van der Waals surface area contributed by atoms with E-state index in [9.17, 15) is 4.79 Å². The average Bonchev–Trinajstić information content (AvgIpc) is 2.71. The number of hydrogen-bond donors (Lipinski definition) is 1. The van der Waals surface area contributed by atoms with Gasteiger partial charge in [-0.1, -0.05) is 23.7 Å². The van der Waals surface area contributed by atoms with E-state index in [0.29, 0.717) is 56.5 Å². The first-order chi connectivity index (χ1) is 13.2. The summed E-state index contributed by atoms with van der Waals surface area (Å²) in [5.41, 5.74) is 1.07.